The van der Waals surface area contributed by atoms with Gasteiger partial charge in [-0.1, -0.05) is 15.9 Å². The van der Waals surface area contributed by atoms with Crippen LogP contribution in [0.4, 0.5) is 5.82 Å². The molecule has 1 aromatic carbocycles. The Kier molecular flexibility index (Phi) is 3.85. The van der Waals surface area contributed by atoms with E-state index in [1.54, 1.807) is 6.20 Å². The Morgan fingerprint density at radius 2 is 2.04 bits per heavy atom. The molecule has 7 nitrogen and oxygen atoms in total. The van der Waals surface area contributed by atoms with Crippen LogP contribution < -0.4 is 5.32 Å². The number of hydrogen-bond acceptors (Lipinski definition) is 5. The van der Waals surface area contributed by atoms with Crippen molar-refractivity contribution in [3.63, 3.8) is 0 Å². The summed E-state index contributed by atoms with van der Waals surface area (Å²) in [6.07, 6.45) is 1.64. The third-order valence-electron chi connectivity index (χ3n) is 3.18. The average Bonchev–Trinajstić information content (AvgIpc) is 2.97. The predicted molar refractivity (Wildman–Crippen MR) is 90.2 cm³/mol. The molecule has 0 fully saturated rings. The third-order valence-corrected chi connectivity index (χ3v) is 3.67. The zero-order chi connectivity index (χ0) is 16.6. The van der Waals surface area contributed by atoms with Crippen LogP contribution in [0, 0.1) is 0 Å². The molecule has 0 aliphatic rings. The number of fused-ring (bicyclic) bond motifs is 1. The molecule has 0 aliphatic carbocycles. The molecule has 0 radical (unpaired) electrons. The fourth-order valence-electron chi connectivity index (χ4n) is 2.00. The van der Waals surface area contributed by atoms with Crippen molar-refractivity contribution in [1.29, 1.82) is 0 Å². The first-order valence-electron chi connectivity index (χ1n) is 7.01. The Labute approximate surface area is 141 Å². The fraction of sp³-hybridized carbons (Fsp3) is 0.267. The number of amides is 1. The van der Waals surface area contributed by atoms with Crippen molar-refractivity contribution in [3.8, 4) is 0 Å². The topological polar surface area (TPSA) is 85.6 Å². The molecule has 0 spiro atoms. The van der Waals surface area contributed by atoms with E-state index >= 15 is 0 Å². The number of carbonyl (C=O) groups excluding carboxylic acids is 1. The minimum Gasteiger partial charge on any atom is -0.303 e. The highest BCUT2D eigenvalue weighted by atomic mass is 79.9. The molecule has 0 aliphatic heterocycles. The van der Waals surface area contributed by atoms with Crippen LogP contribution in [0.3, 0.4) is 0 Å². The summed E-state index contributed by atoms with van der Waals surface area (Å²) in [5.74, 6) is 0.0337. The molecule has 1 N–H and O–H groups in total. The number of hydrogen-bond donors (Lipinski definition) is 1. The normalized spacial score (nSPS) is 11.7. The summed E-state index contributed by atoms with van der Waals surface area (Å²) < 4.78 is 0.961. The lowest BCUT2D eigenvalue weighted by Crippen LogP contribution is -2.25. The molecule has 118 valence electrons. The monoisotopic (exact) mass is 374 g/mol. The van der Waals surface area contributed by atoms with E-state index in [1.165, 1.54) is 4.80 Å². The van der Waals surface area contributed by atoms with Crippen molar-refractivity contribution in [2.45, 2.75) is 26.3 Å². The SMILES string of the molecule is CC(C)(C)n1nnc(C(=O)Nc2nccc3cc(Br)ccc23)n1. The highest BCUT2D eigenvalue weighted by Crippen LogP contribution is 2.24. The van der Waals surface area contributed by atoms with E-state index in [2.05, 4.69) is 41.6 Å². The maximum Gasteiger partial charge on any atom is 0.298 e. The zero-order valence-electron chi connectivity index (χ0n) is 12.9. The largest absolute Gasteiger partial charge is 0.303 e. The van der Waals surface area contributed by atoms with Crippen molar-refractivity contribution in [2.24, 2.45) is 0 Å². The first-order chi connectivity index (χ1) is 10.8. The maximum atomic E-state index is 12.3. The molecule has 0 saturated heterocycles. The molecule has 3 rings (SSSR count). The second kappa shape index (κ2) is 5.69. The molecule has 1 amide bonds. The molecular weight excluding hydrogens is 360 g/mol. The van der Waals surface area contributed by atoms with Crippen LogP contribution in [-0.2, 0) is 5.54 Å². The highest BCUT2D eigenvalue weighted by molar-refractivity contribution is 9.10. The molecule has 2 heterocycles. The van der Waals surface area contributed by atoms with Gasteiger partial charge < -0.3 is 5.32 Å². The van der Waals surface area contributed by atoms with Gasteiger partial charge in [0.1, 0.15) is 5.82 Å². The van der Waals surface area contributed by atoms with Crippen molar-refractivity contribution < 1.29 is 4.79 Å². The Hall–Kier alpha value is -2.35. The number of halogens is 1. The van der Waals surface area contributed by atoms with Gasteiger partial charge in [0.15, 0.2) is 0 Å². The van der Waals surface area contributed by atoms with Crippen LogP contribution in [-0.4, -0.2) is 31.1 Å². The van der Waals surface area contributed by atoms with Gasteiger partial charge >= 0.3 is 0 Å². The lowest BCUT2D eigenvalue weighted by Gasteiger charge is -2.15. The quantitative estimate of drug-likeness (QED) is 0.744. The van der Waals surface area contributed by atoms with Gasteiger partial charge in [-0.3, -0.25) is 4.79 Å². The number of nitrogens with one attached hydrogen (secondary N) is 1. The Bertz CT molecular complexity index is 883. The van der Waals surface area contributed by atoms with Gasteiger partial charge in [-0.15, -0.1) is 10.2 Å². The third kappa shape index (κ3) is 3.21. The number of rotatable bonds is 2. The second-order valence-corrected chi connectivity index (χ2v) is 6.97. The van der Waals surface area contributed by atoms with Crippen LogP contribution in [0.15, 0.2) is 34.9 Å². The number of tetrazole rings is 1. The van der Waals surface area contributed by atoms with Gasteiger partial charge in [0.2, 0.25) is 0 Å². The standard InChI is InChI=1S/C15H15BrN6O/c1-15(2,3)22-20-13(19-21-22)14(23)18-12-11-5-4-10(16)8-9(11)6-7-17-12/h4-8H,1-3H3,(H,17,18,23). The minimum absolute atomic E-state index is 0.0100. The summed E-state index contributed by atoms with van der Waals surface area (Å²) in [6.45, 7) is 5.79. The number of benzene rings is 1. The van der Waals surface area contributed by atoms with Crippen LogP contribution >= 0.6 is 15.9 Å². The lowest BCUT2D eigenvalue weighted by molar-refractivity contribution is 0.101. The summed E-state index contributed by atoms with van der Waals surface area (Å²) >= 11 is 3.43. The zero-order valence-corrected chi connectivity index (χ0v) is 14.5. The maximum absolute atomic E-state index is 12.3. The summed E-state index contributed by atoms with van der Waals surface area (Å²) in [7, 11) is 0. The molecule has 23 heavy (non-hydrogen) atoms. The molecule has 0 unspecified atom stereocenters. The molecular formula is C15H15BrN6O. The van der Waals surface area contributed by atoms with E-state index in [4.69, 9.17) is 0 Å². The number of anilines is 1. The minimum atomic E-state index is -0.441. The van der Waals surface area contributed by atoms with E-state index in [9.17, 15) is 4.79 Å². The second-order valence-electron chi connectivity index (χ2n) is 6.05. The Balaban J connectivity index is 1.90. The molecule has 3 aromatic rings. The Morgan fingerprint density at radius 3 is 2.74 bits per heavy atom. The average molecular weight is 375 g/mol. The van der Waals surface area contributed by atoms with Crippen LogP contribution in [0.2, 0.25) is 0 Å². The molecule has 0 saturated carbocycles. The Morgan fingerprint density at radius 1 is 1.26 bits per heavy atom. The number of nitrogens with zero attached hydrogens (tertiary/aromatic N) is 5. The van der Waals surface area contributed by atoms with E-state index in [1.807, 2.05) is 45.0 Å². The van der Waals surface area contributed by atoms with Crippen molar-refractivity contribution >= 4 is 38.4 Å². The van der Waals surface area contributed by atoms with E-state index in [-0.39, 0.29) is 11.4 Å². The van der Waals surface area contributed by atoms with Crippen LogP contribution in [0.5, 0.6) is 0 Å². The van der Waals surface area contributed by atoms with Gasteiger partial charge in [0, 0.05) is 16.1 Å². The molecule has 0 atom stereocenters. The van der Waals surface area contributed by atoms with Gasteiger partial charge in [0.25, 0.3) is 11.7 Å². The number of pyridine rings is 1. The molecule has 8 heteroatoms. The number of aromatic nitrogens is 5. The van der Waals surface area contributed by atoms with Gasteiger partial charge in [-0.2, -0.15) is 4.80 Å². The van der Waals surface area contributed by atoms with Crippen LogP contribution in [0.1, 0.15) is 31.4 Å². The van der Waals surface area contributed by atoms with Crippen molar-refractivity contribution in [3.05, 3.63) is 40.8 Å². The lowest BCUT2D eigenvalue weighted by atomic mass is 10.1. The van der Waals surface area contributed by atoms with Gasteiger partial charge in [-0.25, -0.2) is 4.98 Å². The van der Waals surface area contributed by atoms with Gasteiger partial charge in [-0.05, 0) is 55.6 Å². The first-order valence-corrected chi connectivity index (χ1v) is 7.80. The van der Waals surface area contributed by atoms with E-state index < -0.39 is 5.91 Å². The summed E-state index contributed by atoms with van der Waals surface area (Å²) in [6, 6.07) is 7.62. The van der Waals surface area contributed by atoms with E-state index in [0.717, 1.165) is 15.2 Å². The van der Waals surface area contributed by atoms with Crippen LogP contribution in [0.25, 0.3) is 10.8 Å². The summed E-state index contributed by atoms with van der Waals surface area (Å²) in [5.41, 5.74) is -0.338. The van der Waals surface area contributed by atoms with Crippen molar-refractivity contribution in [1.82, 2.24) is 25.2 Å². The first kappa shape index (κ1) is 15.5. The highest BCUT2D eigenvalue weighted by Gasteiger charge is 2.21. The van der Waals surface area contributed by atoms with E-state index in [0.29, 0.717) is 5.82 Å². The predicted octanol–water partition coefficient (Wildman–Crippen LogP) is 2.99. The van der Waals surface area contributed by atoms with Gasteiger partial charge in [0.05, 0.1) is 5.54 Å². The molecule has 2 aromatic heterocycles. The van der Waals surface area contributed by atoms with Crippen molar-refractivity contribution in [2.75, 3.05) is 5.32 Å². The smallest absolute Gasteiger partial charge is 0.298 e. The fourth-order valence-corrected chi connectivity index (χ4v) is 2.38. The molecule has 0 bridgehead atoms. The summed E-state index contributed by atoms with van der Waals surface area (Å²) in [5, 5.41) is 16.4. The summed E-state index contributed by atoms with van der Waals surface area (Å²) in [4.78, 5) is 18.0. The number of carbonyl (C=O) groups is 1.